The molecule has 1 saturated heterocycles. The lowest BCUT2D eigenvalue weighted by Gasteiger charge is -2.32. The molecular formula is C19H23N3O3. The van der Waals surface area contributed by atoms with Gasteiger partial charge in [0.05, 0.1) is 5.57 Å². The molecule has 1 fully saturated rings. The van der Waals surface area contributed by atoms with Crippen LogP contribution in [0, 0.1) is 5.92 Å². The molecule has 6 nitrogen and oxygen atoms in total. The lowest BCUT2D eigenvalue weighted by Crippen LogP contribution is -2.37. The summed E-state index contributed by atoms with van der Waals surface area (Å²) < 4.78 is 0. The largest absolute Gasteiger partial charge is 0.366 e. The second-order valence-electron chi connectivity index (χ2n) is 6.82. The van der Waals surface area contributed by atoms with Crippen LogP contribution in [0.3, 0.4) is 0 Å². The molecule has 0 bridgehead atoms. The van der Waals surface area contributed by atoms with Crippen molar-refractivity contribution in [2.24, 2.45) is 5.92 Å². The molecule has 0 aromatic heterocycles. The lowest BCUT2D eigenvalue weighted by molar-refractivity contribution is -0.136. The molecule has 25 heavy (non-hydrogen) atoms. The number of hydrogen-bond donors (Lipinski definition) is 1. The number of hydrogen-bond acceptors (Lipinski definition) is 4. The van der Waals surface area contributed by atoms with Gasteiger partial charge in [0, 0.05) is 32.7 Å². The van der Waals surface area contributed by atoms with Gasteiger partial charge in [-0.15, -0.1) is 0 Å². The van der Waals surface area contributed by atoms with Crippen LogP contribution in [-0.4, -0.2) is 47.7 Å². The third kappa shape index (κ3) is 3.29. The van der Waals surface area contributed by atoms with E-state index in [1.54, 1.807) is 24.3 Å². The Labute approximate surface area is 147 Å². The first-order chi connectivity index (χ1) is 11.9. The molecule has 0 aliphatic carbocycles. The molecule has 1 aromatic rings. The van der Waals surface area contributed by atoms with Gasteiger partial charge in [-0.3, -0.25) is 19.3 Å². The highest BCUT2D eigenvalue weighted by molar-refractivity contribution is 6.35. The molecule has 132 valence electrons. The molecule has 3 rings (SSSR count). The summed E-state index contributed by atoms with van der Waals surface area (Å²) in [6.07, 6.45) is 2.03. The molecule has 1 aromatic carbocycles. The van der Waals surface area contributed by atoms with Crippen molar-refractivity contribution < 1.29 is 14.4 Å². The van der Waals surface area contributed by atoms with Crippen LogP contribution in [0.2, 0.25) is 0 Å². The van der Waals surface area contributed by atoms with E-state index in [4.69, 9.17) is 0 Å². The fourth-order valence-electron chi connectivity index (χ4n) is 3.34. The molecule has 0 unspecified atom stereocenters. The Balaban J connectivity index is 1.97. The molecule has 0 saturated carbocycles. The van der Waals surface area contributed by atoms with Crippen molar-refractivity contribution in [2.45, 2.75) is 26.7 Å². The summed E-state index contributed by atoms with van der Waals surface area (Å²) in [5, 5.41) is 2.70. The Bertz CT molecular complexity index is 744. The van der Waals surface area contributed by atoms with Crippen molar-refractivity contribution >= 4 is 29.0 Å². The molecule has 0 spiro atoms. The van der Waals surface area contributed by atoms with Gasteiger partial charge in [0.15, 0.2) is 0 Å². The third-order valence-electron chi connectivity index (χ3n) is 4.86. The van der Waals surface area contributed by atoms with Gasteiger partial charge in [-0.1, -0.05) is 19.1 Å². The van der Waals surface area contributed by atoms with Crippen LogP contribution in [0.25, 0.3) is 5.57 Å². The first kappa shape index (κ1) is 17.2. The molecule has 1 N–H and O–H groups in total. The van der Waals surface area contributed by atoms with Crippen molar-refractivity contribution in [1.82, 2.24) is 9.80 Å². The Morgan fingerprint density at radius 1 is 1.08 bits per heavy atom. The molecule has 0 radical (unpaired) electrons. The summed E-state index contributed by atoms with van der Waals surface area (Å²) in [6.45, 7) is 5.23. The number of nitrogens with one attached hydrogen (secondary N) is 1. The lowest BCUT2D eigenvalue weighted by atomic mass is 9.97. The second kappa shape index (κ2) is 6.70. The van der Waals surface area contributed by atoms with Crippen molar-refractivity contribution in [3.8, 4) is 0 Å². The minimum atomic E-state index is -0.272. The van der Waals surface area contributed by atoms with Gasteiger partial charge in [-0.25, -0.2) is 0 Å². The van der Waals surface area contributed by atoms with E-state index < -0.39 is 0 Å². The maximum atomic E-state index is 12.6. The highest BCUT2D eigenvalue weighted by Gasteiger charge is 2.40. The standard InChI is InChI=1S/C19H23N3O3/c1-12-8-10-22(11-9-12)17-16(18(24)21(3)19(17)25)14-4-6-15(7-5-14)20-13(2)23/h4-7,12H,8-11H2,1-3H3,(H,20,23). The van der Waals surface area contributed by atoms with Crippen molar-refractivity contribution in [1.29, 1.82) is 0 Å². The number of likely N-dealkylation sites (tertiary alicyclic amines) is 1. The zero-order valence-corrected chi connectivity index (χ0v) is 14.8. The van der Waals surface area contributed by atoms with Crippen LogP contribution in [0.5, 0.6) is 0 Å². The van der Waals surface area contributed by atoms with E-state index in [9.17, 15) is 14.4 Å². The van der Waals surface area contributed by atoms with Gasteiger partial charge < -0.3 is 10.2 Å². The Kier molecular flexibility index (Phi) is 4.61. The van der Waals surface area contributed by atoms with Gasteiger partial charge in [0.1, 0.15) is 5.70 Å². The number of carbonyl (C=O) groups excluding carboxylic acids is 3. The SMILES string of the molecule is CC(=O)Nc1ccc(C2=C(N3CCC(C)CC3)C(=O)N(C)C2=O)cc1. The number of benzene rings is 1. The fourth-order valence-corrected chi connectivity index (χ4v) is 3.34. The number of anilines is 1. The van der Waals surface area contributed by atoms with Crippen LogP contribution in [0.15, 0.2) is 30.0 Å². The Morgan fingerprint density at radius 2 is 1.68 bits per heavy atom. The molecule has 3 amide bonds. The normalized spacial score (nSPS) is 19.0. The molecule has 2 aliphatic rings. The fraction of sp³-hybridized carbons (Fsp3) is 0.421. The number of imide groups is 1. The van der Waals surface area contributed by atoms with E-state index in [0.717, 1.165) is 25.9 Å². The maximum absolute atomic E-state index is 12.6. The molecule has 6 heteroatoms. The van der Waals surface area contributed by atoms with Gasteiger partial charge in [-0.05, 0) is 36.5 Å². The zero-order chi connectivity index (χ0) is 18.1. The third-order valence-corrected chi connectivity index (χ3v) is 4.86. The minimum Gasteiger partial charge on any atom is -0.366 e. The summed E-state index contributed by atoms with van der Waals surface area (Å²) in [5.41, 5.74) is 2.32. The highest BCUT2D eigenvalue weighted by Crippen LogP contribution is 2.33. The predicted octanol–water partition coefficient (Wildman–Crippen LogP) is 2.09. The maximum Gasteiger partial charge on any atom is 0.277 e. The Hall–Kier alpha value is -2.63. The summed E-state index contributed by atoms with van der Waals surface area (Å²) in [4.78, 5) is 39.7. The minimum absolute atomic E-state index is 0.151. The van der Waals surface area contributed by atoms with E-state index in [1.165, 1.54) is 18.9 Å². The quantitative estimate of drug-likeness (QED) is 0.855. The van der Waals surface area contributed by atoms with Crippen LogP contribution >= 0.6 is 0 Å². The number of carbonyl (C=O) groups is 3. The average Bonchev–Trinajstić information content (AvgIpc) is 2.80. The van der Waals surface area contributed by atoms with Crippen LogP contribution in [0.1, 0.15) is 32.3 Å². The van der Waals surface area contributed by atoms with Gasteiger partial charge in [0.25, 0.3) is 11.8 Å². The second-order valence-corrected chi connectivity index (χ2v) is 6.82. The monoisotopic (exact) mass is 341 g/mol. The van der Waals surface area contributed by atoms with Gasteiger partial charge in [0.2, 0.25) is 5.91 Å². The molecule has 0 atom stereocenters. The number of nitrogens with zero attached hydrogens (tertiary/aromatic N) is 2. The topological polar surface area (TPSA) is 69.7 Å². The first-order valence-electron chi connectivity index (χ1n) is 8.58. The number of rotatable bonds is 3. The van der Waals surface area contributed by atoms with E-state index in [-0.39, 0.29) is 17.7 Å². The highest BCUT2D eigenvalue weighted by atomic mass is 16.2. The van der Waals surface area contributed by atoms with Crippen LogP contribution in [-0.2, 0) is 14.4 Å². The summed E-state index contributed by atoms with van der Waals surface area (Å²) in [6, 6.07) is 7.04. The van der Waals surface area contributed by atoms with E-state index in [1.807, 2.05) is 4.90 Å². The van der Waals surface area contributed by atoms with E-state index in [0.29, 0.717) is 28.4 Å². The predicted molar refractivity (Wildman–Crippen MR) is 95.4 cm³/mol. The zero-order valence-electron chi connectivity index (χ0n) is 14.8. The average molecular weight is 341 g/mol. The van der Waals surface area contributed by atoms with E-state index in [2.05, 4.69) is 12.2 Å². The Morgan fingerprint density at radius 3 is 2.24 bits per heavy atom. The number of piperidine rings is 1. The van der Waals surface area contributed by atoms with Gasteiger partial charge in [-0.2, -0.15) is 0 Å². The summed E-state index contributed by atoms with van der Waals surface area (Å²) >= 11 is 0. The molecule has 2 aliphatic heterocycles. The number of likely N-dealkylation sites (N-methyl/N-ethyl adjacent to an activating group) is 1. The first-order valence-corrected chi connectivity index (χ1v) is 8.58. The van der Waals surface area contributed by atoms with E-state index >= 15 is 0 Å². The molecular weight excluding hydrogens is 318 g/mol. The summed E-state index contributed by atoms with van der Waals surface area (Å²) in [7, 11) is 1.52. The van der Waals surface area contributed by atoms with Crippen LogP contribution < -0.4 is 5.32 Å². The molecule has 2 heterocycles. The van der Waals surface area contributed by atoms with Crippen LogP contribution in [0.4, 0.5) is 5.69 Å². The van der Waals surface area contributed by atoms with Crippen molar-refractivity contribution in [2.75, 3.05) is 25.5 Å². The smallest absolute Gasteiger partial charge is 0.277 e. The van der Waals surface area contributed by atoms with Crippen molar-refractivity contribution in [3.05, 3.63) is 35.5 Å². The van der Waals surface area contributed by atoms with Crippen molar-refractivity contribution in [3.63, 3.8) is 0 Å². The summed E-state index contributed by atoms with van der Waals surface area (Å²) in [5.74, 6) is -0.0180. The van der Waals surface area contributed by atoms with Gasteiger partial charge >= 0.3 is 0 Å². The number of amides is 3.